The van der Waals surface area contributed by atoms with Crippen LogP contribution >= 0.6 is 11.6 Å². The van der Waals surface area contributed by atoms with E-state index in [1.54, 1.807) is 26.8 Å². The second-order valence-corrected chi connectivity index (χ2v) is 8.49. The first-order valence-corrected chi connectivity index (χ1v) is 11.5. The number of hydrogen-bond acceptors (Lipinski definition) is 6. The lowest BCUT2D eigenvalue weighted by Crippen LogP contribution is -2.39. The van der Waals surface area contributed by atoms with Crippen molar-refractivity contribution in [3.8, 4) is 6.07 Å². The van der Waals surface area contributed by atoms with Crippen molar-refractivity contribution in [1.29, 1.82) is 5.26 Å². The molecule has 3 aromatic rings. The van der Waals surface area contributed by atoms with E-state index in [-0.39, 0.29) is 53.3 Å². The molecule has 0 fully saturated rings. The highest BCUT2D eigenvalue weighted by Gasteiger charge is 2.17. The summed E-state index contributed by atoms with van der Waals surface area (Å²) in [5, 5.41) is 14.8. The zero-order valence-corrected chi connectivity index (χ0v) is 20.3. The Hall–Kier alpha value is -3.97. The Bertz CT molecular complexity index is 1450. The van der Waals surface area contributed by atoms with Gasteiger partial charge in [0, 0.05) is 31.6 Å². The SMILES string of the molecule is CCn1c(=O)c2cc(NC(=O)CC(C)CC(=O)Nc3ccc(C#N)c(Cl)c3)ncc2n(CC)c1=O. The molecular weight excluding hydrogens is 472 g/mol. The molecule has 0 bridgehead atoms. The number of amides is 2. The molecule has 0 aliphatic heterocycles. The number of anilines is 2. The Balaban J connectivity index is 1.66. The van der Waals surface area contributed by atoms with Crippen LogP contribution in [0.1, 0.15) is 39.2 Å². The highest BCUT2D eigenvalue weighted by atomic mass is 35.5. The topological polar surface area (TPSA) is 139 Å². The Morgan fingerprint density at radius 3 is 2.34 bits per heavy atom. The summed E-state index contributed by atoms with van der Waals surface area (Å²) in [5.74, 6) is -0.759. The van der Waals surface area contributed by atoms with Gasteiger partial charge in [-0.2, -0.15) is 5.26 Å². The van der Waals surface area contributed by atoms with Gasteiger partial charge in [0.05, 0.1) is 27.7 Å². The maximum Gasteiger partial charge on any atom is 0.331 e. The molecule has 11 heteroatoms. The second-order valence-electron chi connectivity index (χ2n) is 8.08. The Labute approximate surface area is 206 Å². The van der Waals surface area contributed by atoms with Crippen LogP contribution in [0.3, 0.4) is 0 Å². The number of fused-ring (bicyclic) bond motifs is 1. The fourth-order valence-corrected chi connectivity index (χ4v) is 3.99. The summed E-state index contributed by atoms with van der Waals surface area (Å²) in [5.41, 5.74) is 0.325. The minimum atomic E-state index is -0.442. The highest BCUT2D eigenvalue weighted by Crippen LogP contribution is 2.21. The van der Waals surface area contributed by atoms with Crippen molar-refractivity contribution >= 4 is 45.8 Å². The van der Waals surface area contributed by atoms with Gasteiger partial charge in [0.15, 0.2) is 0 Å². The van der Waals surface area contributed by atoms with Crippen molar-refractivity contribution in [3.05, 3.63) is 61.9 Å². The van der Waals surface area contributed by atoms with E-state index in [0.717, 1.165) is 4.57 Å². The van der Waals surface area contributed by atoms with Gasteiger partial charge < -0.3 is 10.6 Å². The van der Waals surface area contributed by atoms with Crippen LogP contribution in [0.2, 0.25) is 5.02 Å². The first-order chi connectivity index (χ1) is 16.7. The molecule has 1 unspecified atom stereocenters. The number of nitrogens with one attached hydrogen (secondary N) is 2. The molecular formula is C24H25ClN6O4. The van der Waals surface area contributed by atoms with Gasteiger partial charge in [0.2, 0.25) is 11.8 Å². The minimum absolute atomic E-state index is 0.0505. The number of carbonyl (C=O) groups excluding carboxylic acids is 2. The maximum absolute atomic E-state index is 12.7. The number of nitriles is 1. The van der Waals surface area contributed by atoms with E-state index in [9.17, 15) is 19.2 Å². The number of hydrogen-bond donors (Lipinski definition) is 2. The third-order valence-corrected chi connectivity index (χ3v) is 5.76. The van der Waals surface area contributed by atoms with Crippen molar-refractivity contribution in [2.24, 2.45) is 5.92 Å². The summed E-state index contributed by atoms with van der Waals surface area (Å²) < 4.78 is 2.60. The normalized spacial score (nSPS) is 11.6. The van der Waals surface area contributed by atoms with Crippen molar-refractivity contribution in [2.45, 2.75) is 46.7 Å². The molecule has 2 N–H and O–H groups in total. The molecule has 0 saturated heterocycles. The molecule has 1 aromatic carbocycles. The molecule has 0 saturated carbocycles. The molecule has 35 heavy (non-hydrogen) atoms. The van der Waals surface area contributed by atoms with Gasteiger partial charge in [-0.15, -0.1) is 0 Å². The largest absolute Gasteiger partial charge is 0.331 e. The number of halogens is 1. The summed E-state index contributed by atoms with van der Waals surface area (Å²) in [6.45, 7) is 5.88. The van der Waals surface area contributed by atoms with Gasteiger partial charge >= 0.3 is 5.69 Å². The zero-order chi connectivity index (χ0) is 25.7. The summed E-state index contributed by atoms with van der Waals surface area (Å²) >= 11 is 5.98. The lowest BCUT2D eigenvalue weighted by atomic mass is 10.0. The van der Waals surface area contributed by atoms with Crippen LogP contribution in [-0.2, 0) is 22.7 Å². The molecule has 0 aliphatic carbocycles. The molecule has 0 aliphatic rings. The van der Waals surface area contributed by atoms with E-state index < -0.39 is 11.2 Å². The summed E-state index contributed by atoms with van der Waals surface area (Å²) in [7, 11) is 0. The molecule has 2 heterocycles. The van der Waals surface area contributed by atoms with Gasteiger partial charge in [0.25, 0.3) is 5.56 Å². The lowest BCUT2D eigenvalue weighted by molar-refractivity contribution is -0.118. The predicted molar refractivity (Wildman–Crippen MR) is 133 cm³/mol. The number of pyridine rings is 1. The standard InChI is InChI=1S/C24H25ClN6O4/c1-4-30-19-13-27-20(11-17(19)23(34)31(5-2)24(30)35)29-22(33)9-14(3)8-21(32)28-16-7-6-15(12-26)18(25)10-16/h6-7,10-11,13-14H,4-5,8-9H2,1-3H3,(H,28,32)(H,27,29,33). The van der Waals surface area contributed by atoms with Crippen LogP contribution in [0, 0.1) is 17.2 Å². The summed E-state index contributed by atoms with van der Waals surface area (Å²) in [4.78, 5) is 54.3. The number of aryl methyl sites for hydroxylation is 1. The van der Waals surface area contributed by atoms with E-state index in [1.807, 2.05) is 6.07 Å². The molecule has 2 aromatic heterocycles. The highest BCUT2D eigenvalue weighted by molar-refractivity contribution is 6.32. The van der Waals surface area contributed by atoms with Gasteiger partial charge in [-0.1, -0.05) is 18.5 Å². The monoisotopic (exact) mass is 496 g/mol. The van der Waals surface area contributed by atoms with Gasteiger partial charge in [0.1, 0.15) is 11.9 Å². The second kappa shape index (κ2) is 11.0. The lowest BCUT2D eigenvalue weighted by Gasteiger charge is -2.14. The Kier molecular flexibility index (Phi) is 8.04. The average Bonchev–Trinajstić information content (AvgIpc) is 2.80. The average molecular weight is 497 g/mol. The summed E-state index contributed by atoms with van der Waals surface area (Å²) in [6, 6.07) is 7.99. The number of benzene rings is 1. The fraction of sp³-hybridized carbons (Fsp3) is 0.333. The maximum atomic E-state index is 12.7. The molecule has 3 rings (SSSR count). The zero-order valence-electron chi connectivity index (χ0n) is 19.6. The van der Waals surface area contributed by atoms with Crippen LogP contribution in [0.4, 0.5) is 11.5 Å². The van der Waals surface area contributed by atoms with Crippen molar-refractivity contribution in [2.75, 3.05) is 10.6 Å². The van der Waals surface area contributed by atoms with Gasteiger partial charge in [-0.3, -0.25) is 23.5 Å². The van der Waals surface area contributed by atoms with E-state index in [0.29, 0.717) is 23.3 Å². The summed E-state index contributed by atoms with van der Waals surface area (Å²) in [6.07, 6.45) is 1.53. The predicted octanol–water partition coefficient (Wildman–Crippen LogP) is 3.12. The Morgan fingerprint density at radius 1 is 1.09 bits per heavy atom. The first-order valence-electron chi connectivity index (χ1n) is 11.1. The number of rotatable bonds is 8. The third kappa shape index (κ3) is 5.75. The van der Waals surface area contributed by atoms with Crippen LogP contribution in [0.15, 0.2) is 40.1 Å². The molecule has 10 nitrogen and oxygen atoms in total. The molecule has 0 radical (unpaired) electrons. The van der Waals surface area contributed by atoms with Gasteiger partial charge in [-0.25, -0.2) is 9.78 Å². The van der Waals surface area contributed by atoms with Crippen molar-refractivity contribution < 1.29 is 9.59 Å². The molecule has 0 spiro atoms. The smallest absolute Gasteiger partial charge is 0.326 e. The molecule has 182 valence electrons. The molecule has 1 atom stereocenters. The first kappa shape index (κ1) is 25.6. The Morgan fingerprint density at radius 2 is 1.74 bits per heavy atom. The van der Waals surface area contributed by atoms with Crippen molar-refractivity contribution in [3.63, 3.8) is 0 Å². The van der Waals surface area contributed by atoms with Crippen molar-refractivity contribution in [1.82, 2.24) is 14.1 Å². The molecule has 2 amide bonds. The van der Waals surface area contributed by atoms with E-state index in [1.165, 1.54) is 29.0 Å². The van der Waals surface area contributed by atoms with Crippen LogP contribution in [0.25, 0.3) is 10.9 Å². The van der Waals surface area contributed by atoms with Crippen LogP contribution in [0.5, 0.6) is 0 Å². The van der Waals surface area contributed by atoms with Gasteiger partial charge in [-0.05, 0) is 44.0 Å². The van der Waals surface area contributed by atoms with E-state index >= 15 is 0 Å². The minimum Gasteiger partial charge on any atom is -0.326 e. The van der Waals surface area contributed by atoms with Crippen LogP contribution in [-0.4, -0.2) is 25.9 Å². The number of carbonyl (C=O) groups is 2. The number of nitrogens with zero attached hydrogens (tertiary/aromatic N) is 4. The third-order valence-electron chi connectivity index (χ3n) is 5.45. The van der Waals surface area contributed by atoms with Crippen LogP contribution < -0.4 is 21.9 Å². The quantitative estimate of drug-likeness (QED) is 0.491. The van der Waals surface area contributed by atoms with E-state index in [4.69, 9.17) is 16.9 Å². The number of aromatic nitrogens is 3. The van der Waals surface area contributed by atoms with E-state index in [2.05, 4.69) is 15.6 Å². The fourth-order valence-electron chi connectivity index (χ4n) is 3.76.